The number of rotatable bonds is 9. The molecule has 2 N–H and O–H groups in total. The predicted octanol–water partition coefficient (Wildman–Crippen LogP) is 5.86. The maximum atomic E-state index is 12.8. The third-order valence-corrected chi connectivity index (χ3v) is 7.41. The fourth-order valence-electron chi connectivity index (χ4n) is 3.54. The van der Waals surface area contributed by atoms with Crippen LogP contribution >= 0.6 is 35.0 Å². The lowest BCUT2D eigenvalue weighted by molar-refractivity contribution is -0.113. The number of benzene rings is 3. The van der Waals surface area contributed by atoms with E-state index in [4.69, 9.17) is 27.9 Å². The molecule has 1 aromatic heterocycles. The molecule has 1 heterocycles. The molecule has 0 aliphatic heterocycles. The van der Waals surface area contributed by atoms with Crippen LogP contribution in [-0.2, 0) is 11.3 Å². The minimum Gasteiger partial charge on any atom is -0.497 e. The van der Waals surface area contributed by atoms with Gasteiger partial charge in [0.15, 0.2) is 11.0 Å². The van der Waals surface area contributed by atoms with Crippen molar-refractivity contribution < 1.29 is 14.3 Å². The van der Waals surface area contributed by atoms with Gasteiger partial charge in [-0.05, 0) is 79.6 Å². The van der Waals surface area contributed by atoms with Gasteiger partial charge in [-0.25, -0.2) is 0 Å². The van der Waals surface area contributed by atoms with E-state index in [2.05, 4.69) is 20.8 Å². The van der Waals surface area contributed by atoms with Crippen LogP contribution in [0.25, 0.3) is 5.69 Å². The van der Waals surface area contributed by atoms with Gasteiger partial charge < -0.3 is 15.4 Å². The Labute approximate surface area is 234 Å². The SMILES string of the molecule is COc1ccc(NC(=O)CSc2nnc(CNC(=O)c3ccc(C)c(C)c3)n2-c2ccc(Cl)c(Cl)c2)cc1. The monoisotopic (exact) mass is 569 g/mol. The first kappa shape index (κ1) is 27.5. The van der Waals surface area contributed by atoms with Crippen LogP contribution in [0.5, 0.6) is 5.75 Å². The number of aryl methyl sites for hydroxylation is 2. The Morgan fingerprint density at radius 1 is 0.947 bits per heavy atom. The zero-order valence-electron chi connectivity index (χ0n) is 20.9. The summed E-state index contributed by atoms with van der Waals surface area (Å²) < 4.78 is 6.89. The van der Waals surface area contributed by atoms with E-state index < -0.39 is 0 Å². The van der Waals surface area contributed by atoms with Crippen molar-refractivity contribution in [1.82, 2.24) is 20.1 Å². The van der Waals surface area contributed by atoms with Gasteiger partial charge in [-0.1, -0.05) is 41.0 Å². The van der Waals surface area contributed by atoms with Crippen molar-refractivity contribution >= 4 is 52.5 Å². The first-order chi connectivity index (χ1) is 18.2. The van der Waals surface area contributed by atoms with Crippen LogP contribution in [0.4, 0.5) is 5.69 Å². The first-order valence-electron chi connectivity index (χ1n) is 11.6. The molecule has 2 amide bonds. The Bertz CT molecular complexity index is 1470. The molecule has 8 nitrogen and oxygen atoms in total. The summed E-state index contributed by atoms with van der Waals surface area (Å²) in [6.07, 6.45) is 0. The Kier molecular flexibility index (Phi) is 8.93. The van der Waals surface area contributed by atoms with Crippen molar-refractivity contribution in [2.24, 2.45) is 0 Å². The van der Waals surface area contributed by atoms with Gasteiger partial charge in [0.1, 0.15) is 5.75 Å². The van der Waals surface area contributed by atoms with E-state index in [-0.39, 0.29) is 24.1 Å². The molecule has 0 aliphatic rings. The van der Waals surface area contributed by atoms with Crippen LogP contribution in [0, 0.1) is 13.8 Å². The second kappa shape index (κ2) is 12.3. The minimum absolute atomic E-state index is 0.0838. The highest BCUT2D eigenvalue weighted by molar-refractivity contribution is 7.99. The van der Waals surface area contributed by atoms with Gasteiger partial charge in [0.25, 0.3) is 5.91 Å². The third kappa shape index (κ3) is 6.66. The Morgan fingerprint density at radius 3 is 2.39 bits per heavy atom. The van der Waals surface area contributed by atoms with Gasteiger partial charge in [0, 0.05) is 11.3 Å². The smallest absolute Gasteiger partial charge is 0.251 e. The number of hydrogen-bond donors (Lipinski definition) is 2. The molecular weight excluding hydrogens is 545 g/mol. The molecule has 4 aromatic rings. The van der Waals surface area contributed by atoms with Crippen LogP contribution in [0.2, 0.25) is 10.0 Å². The summed E-state index contributed by atoms with van der Waals surface area (Å²) in [6.45, 7) is 4.06. The number of carbonyl (C=O) groups excluding carboxylic acids is 2. The highest BCUT2D eigenvalue weighted by Gasteiger charge is 2.18. The van der Waals surface area contributed by atoms with E-state index in [1.165, 1.54) is 11.8 Å². The molecule has 0 saturated carbocycles. The zero-order valence-corrected chi connectivity index (χ0v) is 23.2. The molecule has 0 fully saturated rings. The van der Waals surface area contributed by atoms with Gasteiger partial charge in [-0.3, -0.25) is 14.2 Å². The second-order valence-corrected chi connectivity index (χ2v) is 10.1. The Morgan fingerprint density at radius 2 is 1.71 bits per heavy atom. The summed E-state index contributed by atoms with van der Waals surface area (Å²) in [5.41, 5.74) is 4.00. The molecule has 0 spiro atoms. The number of nitrogens with zero attached hydrogens (tertiary/aromatic N) is 3. The number of halogens is 2. The lowest BCUT2D eigenvalue weighted by atomic mass is 10.1. The maximum Gasteiger partial charge on any atom is 0.251 e. The fraction of sp³-hybridized carbons (Fsp3) is 0.185. The number of nitrogens with one attached hydrogen (secondary N) is 2. The number of ether oxygens (including phenoxy) is 1. The Balaban J connectivity index is 1.51. The third-order valence-electron chi connectivity index (χ3n) is 5.74. The lowest BCUT2D eigenvalue weighted by Crippen LogP contribution is -2.24. The molecular formula is C27H25Cl2N5O3S. The number of carbonyl (C=O) groups is 2. The van der Waals surface area contributed by atoms with Crippen LogP contribution in [-0.4, -0.2) is 39.4 Å². The topological polar surface area (TPSA) is 98.1 Å². The van der Waals surface area contributed by atoms with E-state index >= 15 is 0 Å². The van der Waals surface area contributed by atoms with Gasteiger partial charge >= 0.3 is 0 Å². The van der Waals surface area contributed by atoms with Gasteiger partial charge in [-0.2, -0.15) is 0 Å². The molecule has 0 aliphatic carbocycles. The molecule has 38 heavy (non-hydrogen) atoms. The van der Waals surface area contributed by atoms with Crippen LogP contribution in [0.1, 0.15) is 27.3 Å². The second-order valence-electron chi connectivity index (χ2n) is 8.38. The zero-order chi connectivity index (χ0) is 27.2. The van der Waals surface area contributed by atoms with E-state index in [0.717, 1.165) is 11.1 Å². The number of methoxy groups -OCH3 is 1. The summed E-state index contributed by atoms with van der Waals surface area (Å²) in [7, 11) is 1.58. The van der Waals surface area contributed by atoms with Crippen molar-refractivity contribution in [3.05, 3.63) is 93.2 Å². The Hall–Kier alpha value is -3.53. The van der Waals surface area contributed by atoms with Gasteiger partial charge in [0.05, 0.1) is 35.1 Å². The molecule has 0 unspecified atom stereocenters. The van der Waals surface area contributed by atoms with Crippen molar-refractivity contribution in [1.29, 1.82) is 0 Å². The summed E-state index contributed by atoms with van der Waals surface area (Å²) >= 11 is 13.6. The highest BCUT2D eigenvalue weighted by Crippen LogP contribution is 2.28. The maximum absolute atomic E-state index is 12.8. The van der Waals surface area contributed by atoms with Crippen molar-refractivity contribution in [3.63, 3.8) is 0 Å². The summed E-state index contributed by atoms with van der Waals surface area (Å²) in [5.74, 6) is 0.807. The molecule has 0 bridgehead atoms. The molecule has 0 saturated heterocycles. The minimum atomic E-state index is -0.232. The highest BCUT2D eigenvalue weighted by atomic mass is 35.5. The lowest BCUT2D eigenvalue weighted by Gasteiger charge is -2.12. The molecule has 196 valence electrons. The van der Waals surface area contributed by atoms with Crippen LogP contribution in [0.3, 0.4) is 0 Å². The average molecular weight is 571 g/mol. The summed E-state index contributed by atoms with van der Waals surface area (Å²) in [4.78, 5) is 25.4. The molecule has 0 radical (unpaired) electrons. The van der Waals surface area contributed by atoms with E-state index in [9.17, 15) is 9.59 Å². The number of hydrogen-bond acceptors (Lipinski definition) is 6. The predicted molar refractivity (Wildman–Crippen MR) is 151 cm³/mol. The van der Waals surface area contributed by atoms with Crippen LogP contribution < -0.4 is 15.4 Å². The van der Waals surface area contributed by atoms with Crippen LogP contribution in [0.15, 0.2) is 65.8 Å². The van der Waals surface area contributed by atoms with E-state index in [0.29, 0.717) is 43.7 Å². The molecule has 3 aromatic carbocycles. The number of thioether (sulfide) groups is 1. The largest absolute Gasteiger partial charge is 0.497 e. The number of aromatic nitrogens is 3. The molecule has 11 heteroatoms. The number of amides is 2. The summed E-state index contributed by atoms with van der Waals surface area (Å²) in [5, 5.41) is 15.5. The van der Waals surface area contributed by atoms with Crippen molar-refractivity contribution in [3.8, 4) is 11.4 Å². The number of anilines is 1. The summed E-state index contributed by atoms with van der Waals surface area (Å²) in [6, 6.07) is 17.7. The van der Waals surface area contributed by atoms with Crippen molar-refractivity contribution in [2.45, 2.75) is 25.5 Å². The standard InChI is InChI=1S/C27H25Cl2N5O3S/c1-16-4-5-18(12-17(16)2)26(36)30-14-24-32-33-27(34(24)20-8-11-22(28)23(29)13-20)38-15-25(35)31-19-6-9-21(37-3)10-7-19/h4-13H,14-15H2,1-3H3,(H,30,36)(H,31,35). The van der Waals surface area contributed by atoms with E-state index in [1.54, 1.807) is 60.2 Å². The van der Waals surface area contributed by atoms with Crippen molar-refractivity contribution in [2.75, 3.05) is 18.2 Å². The van der Waals surface area contributed by atoms with Gasteiger partial charge in [-0.15, -0.1) is 10.2 Å². The molecule has 0 atom stereocenters. The average Bonchev–Trinajstić information content (AvgIpc) is 3.32. The quantitative estimate of drug-likeness (QED) is 0.245. The molecule has 4 rings (SSSR count). The first-order valence-corrected chi connectivity index (χ1v) is 13.3. The fourth-order valence-corrected chi connectivity index (χ4v) is 4.60. The normalized spacial score (nSPS) is 10.8. The van der Waals surface area contributed by atoms with E-state index in [1.807, 2.05) is 26.0 Å². The van der Waals surface area contributed by atoms with Gasteiger partial charge in [0.2, 0.25) is 5.91 Å².